The summed E-state index contributed by atoms with van der Waals surface area (Å²) in [5.74, 6) is 0.863. The predicted molar refractivity (Wildman–Crippen MR) is 101 cm³/mol. The molecule has 1 aromatic carbocycles. The highest BCUT2D eigenvalue weighted by atomic mass is 16.2. The summed E-state index contributed by atoms with van der Waals surface area (Å²) in [4.78, 5) is 23.0. The number of rotatable bonds is 3. The van der Waals surface area contributed by atoms with Crippen LogP contribution in [0.25, 0.3) is 11.0 Å². The summed E-state index contributed by atoms with van der Waals surface area (Å²) in [7, 11) is 0. The molecule has 0 aliphatic carbocycles. The van der Waals surface area contributed by atoms with Crippen LogP contribution in [-0.4, -0.2) is 37.2 Å². The third-order valence-corrected chi connectivity index (χ3v) is 5.00. The summed E-state index contributed by atoms with van der Waals surface area (Å²) in [6, 6.07) is 7.86. The van der Waals surface area contributed by atoms with Gasteiger partial charge in [0, 0.05) is 19.3 Å². The van der Waals surface area contributed by atoms with Gasteiger partial charge in [-0.3, -0.25) is 4.68 Å². The number of carbonyl (C=O) groups is 1. The lowest BCUT2D eigenvalue weighted by atomic mass is 10.0. The third-order valence-electron chi connectivity index (χ3n) is 5.00. The number of H-pyrrole nitrogens is 1. The Labute approximate surface area is 152 Å². The number of anilines is 1. The quantitative estimate of drug-likeness (QED) is 0.751. The molecule has 2 aromatic heterocycles. The molecule has 2 N–H and O–H groups in total. The van der Waals surface area contributed by atoms with Gasteiger partial charge in [0.1, 0.15) is 5.82 Å². The minimum Gasteiger partial charge on any atom is -0.340 e. The van der Waals surface area contributed by atoms with E-state index in [9.17, 15) is 4.79 Å². The molecule has 3 heterocycles. The lowest BCUT2D eigenvalue weighted by molar-refractivity contribution is 0.160. The molecule has 1 aliphatic heterocycles. The number of likely N-dealkylation sites (tertiary alicyclic amines) is 1. The third kappa shape index (κ3) is 3.05. The summed E-state index contributed by atoms with van der Waals surface area (Å²) in [6.07, 6.45) is 4.91. The van der Waals surface area contributed by atoms with Gasteiger partial charge in [0.15, 0.2) is 0 Å². The van der Waals surface area contributed by atoms with Crippen molar-refractivity contribution in [2.45, 2.75) is 45.7 Å². The number of amides is 2. The monoisotopic (exact) mass is 352 g/mol. The second-order valence-corrected chi connectivity index (χ2v) is 6.76. The van der Waals surface area contributed by atoms with Crippen molar-refractivity contribution in [3.05, 3.63) is 42.0 Å². The van der Waals surface area contributed by atoms with Crippen molar-refractivity contribution in [3.63, 3.8) is 0 Å². The van der Waals surface area contributed by atoms with E-state index in [0.717, 1.165) is 60.6 Å². The number of aryl methyl sites for hydroxylation is 2. The first-order valence-corrected chi connectivity index (χ1v) is 9.22. The average molecular weight is 352 g/mol. The normalized spacial score (nSPS) is 17.6. The van der Waals surface area contributed by atoms with Crippen LogP contribution in [0.4, 0.5) is 10.5 Å². The van der Waals surface area contributed by atoms with Crippen LogP contribution in [0.5, 0.6) is 0 Å². The number of hydrogen-bond acceptors (Lipinski definition) is 3. The summed E-state index contributed by atoms with van der Waals surface area (Å²) in [5, 5.41) is 7.43. The van der Waals surface area contributed by atoms with Gasteiger partial charge >= 0.3 is 6.03 Å². The number of benzene rings is 1. The lowest BCUT2D eigenvalue weighted by Gasteiger charge is -2.34. The zero-order valence-corrected chi connectivity index (χ0v) is 15.2. The van der Waals surface area contributed by atoms with Crippen molar-refractivity contribution >= 4 is 22.8 Å². The number of nitrogens with zero attached hydrogens (tertiary/aromatic N) is 4. The van der Waals surface area contributed by atoms with Crippen molar-refractivity contribution in [2.75, 3.05) is 11.9 Å². The molecular weight excluding hydrogens is 328 g/mol. The standard InChI is InChI=1S/C19H24N6O/c1-3-24-12-16(13(2)23-24)22-19(26)25-11-7-6-10-17(25)18-20-14-8-4-5-9-15(14)21-18/h4-5,8-9,12,17H,3,6-7,10-11H2,1-2H3,(H,20,21)(H,22,26). The van der Waals surface area contributed by atoms with Gasteiger partial charge in [0.05, 0.1) is 28.5 Å². The summed E-state index contributed by atoms with van der Waals surface area (Å²) in [6.45, 7) is 5.45. The summed E-state index contributed by atoms with van der Waals surface area (Å²) >= 11 is 0. The molecule has 0 radical (unpaired) electrons. The van der Waals surface area contributed by atoms with E-state index in [1.807, 2.05) is 53.9 Å². The highest BCUT2D eigenvalue weighted by Gasteiger charge is 2.30. The second kappa shape index (κ2) is 6.82. The molecule has 4 rings (SSSR count). The molecule has 136 valence electrons. The van der Waals surface area contributed by atoms with Crippen molar-refractivity contribution in [2.24, 2.45) is 0 Å². The summed E-state index contributed by atoms with van der Waals surface area (Å²) in [5.41, 5.74) is 3.55. The van der Waals surface area contributed by atoms with Gasteiger partial charge in [-0.25, -0.2) is 9.78 Å². The van der Waals surface area contributed by atoms with Crippen LogP contribution in [0.1, 0.15) is 43.7 Å². The van der Waals surface area contributed by atoms with Gasteiger partial charge in [-0.15, -0.1) is 0 Å². The van der Waals surface area contributed by atoms with Crippen LogP contribution in [0, 0.1) is 6.92 Å². The van der Waals surface area contributed by atoms with E-state index in [2.05, 4.69) is 15.4 Å². The molecule has 1 atom stereocenters. The molecule has 3 aromatic rings. The first-order chi connectivity index (χ1) is 12.7. The molecule has 1 aliphatic rings. The molecular formula is C19H24N6O. The van der Waals surface area contributed by atoms with Gasteiger partial charge in [-0.1, -0.05) is 12.1 Å². The Balaban J connectivity index is 1.58. The molecule has 0 spiro atoms. The Morgan fingerprint density at radius 1 is 1.35 bits per heavy atom. The van der Waals surface area contributed by atoms with Crippen LogP contribution in [-0.2, 0) is 6.54 Å². The highest BCUT2D eigenvalue weighted by Crippen LogP contribution is 2.31. The van der Waals surface area contributed by atoms with E-state index in [0.29, 0.717) is 0 Å². The summed E-state index contributed by atoms with van der Waals surface area (Å²) < 4.78 is 1.83. The van der Waals surface area contributed by atoms with Gasteiger partial charge < -0.3 is 15.2 Å². The van der Waals surface area contributed by atoms with Gasteiger partial charge in [0.2, 0.25) is 0 Å². The van der Waals surface area contributed by atoms with E-state index < -0.39 is 0 Å². The molecule has 26 heavy (non-hydrogen) atoms. The number of para-hydroxylation sites is 2. The molecule has 7 nitrogen and oxygen atoms in total. The predicted octanol–water partition coefficient (Wildman–Crippen LogP) is 3.85. The van der Waals surface area contributed by atoms with Gasteiger partial charge in [-0.2, -0.15) is 5.10 Å². The van der Waals surface area contributed by atoms with Crippen molar-refractivity contribution < 1.29 is 4.79 Å². The maximum Gasteiger partial charge on any atom is 0.322 e. The Kier molecular flexibility index (Phi) is 4.36. The van der Waals surface area contributed by atoms with Crippen molar-refractivity contribution in [3.8, 4) is 0 Å². The smallest absolute Gasteiger partial charge is 0.322 e. The van der Waals surface area contributed by atoms with E-state index in [4.69, 9.17) is 4.98 Å². The number of carbonyl (C=O) groups excluding carboxylic acids is 1. The first-order valence-electron chi connectivity index (χ1n) is 9.22. The zero-order valence-electron chi connectivity index (χ0n) is 15.2. The largest absolute Gasteiger partial charge is 0.340 e. The van der Waals surface area contributed by atoms with Crippen LogP contribution in [0.15, 0.2) is 30.5 Å². The van der Waals surface area contributed by atoms with E-state index in [1.165, 1.54) is 0 Å². The molecule has 2 amide bonds. The number of nitrogens with one attached hydrogen (secondary N) is 2. The van der Waals surface area contributed by atoms with Crippen molar-refractivity contribution in [1.29, 1.82) is 0 Å². The van der Waals surface area contributed by atoms with E-state index in [-0.39, 0.29) is 12.1 Å². The SMILES string of the molecule is CCn1cc(NC(=O)N2CCCCC2c2nc3ccccc3[nH]2)c(C)n1. The molecule has 1 fully saturated rings. The van der Waals surface area contributed by atoms with Crippen LogP contribution in [0.2, 0.25) is 0 Å². The van der Waals surface area contributed by atoms with Crippen LogP contribution >= 0.6 is 0 Å². The maximum atomic E-state index is 13.0. The Morgan fingerprint density at radius 3 is 2.96 bits per heavy atom. The van der Waals surface area contributed by atoms with Crippen molar-refractivity contribution in [1.82, 2.24) is 24.6 Å². The number of fused-ring (bicyclic) bond motifs is 1. The highest BCUT2D eigenvalue weighted by molar-refractivity contribution is 5.90. The molecule has 0 bridgehead atoms. The molecule has 0 saturated carbocycles. The average Bonchev–Trinajstić information content (AvgIpc) is 3.25. The Hall–Kier alpha value is -2.83. The van der Waals surface area contributed by atoms with Crippen LogP contribution < -0.4 is 5.32 Å². The lowest BCUT2D eigenvalue weighted by Crippen LogP contribution is -2.41. The number of hydrogen-bond donors (Lipinski definition) is 2. The Morgan fingerprint density at radius 2 is 2.19 bits per heavy atom. The minimum absolute atomic E-state index is 0.0299. The Bertz CT molecular complexity index is 894. The maximum absolute atomic E-state index is 13.0. The van der Waals surface area contributed by atoms with Gasteiger partial charge in [-0.05, 0) is 45.2 Å². The molecule has 7 heteroatoms. The number of urea groups is 1. The van der Waals surface area contributed by atoms with E-state index in [1.54, 1.807) is 0 Å². The number of aromatic nitrogens is 4. The zero-order chi connectivity index (χ0) is 18.1. The van der Waals surface area contributed by atoms with E-state index >= 15 is 0 Å². The number of imidazole rings is 1. The fraction of sp³-hybridized carbons (Fsp3) is 0.421. The first kappa shape index (κ1) is 16.6. The topological polar surface area (TPSA) is 78.8 Å². The number of aromatic amines is 1. The number of piperidine rings is 1. The van der Waals surface area contributed by atoms with Gasteiger partial charge in [0.25, 0.3) is 0 Å². The molecule has 1 unspecified atom stereocenters. The molecule has 1 saturated heterocycles. The fourth-order valence-corrected chi connectivity index (χ4v) is 3.58. The fourth-order valence-electron chi connectivity index (χ4n) is 3.58. The second-order valence-electron chi connectivity index (χ2n) is 6.76. The minimum atomic E-state index is -0.0890. The van der Waals surface area contributed by atoms with Crippen LogP contribution in [0.3, 0.4) is 0 Å².